The van der Waals surface area contributed by atoms with Crippen LogP contribution in [0.4, 0.5) is 4.39 Å². The number of benzene rings is 1. The molecule has 94 valence electrons. The van der Waals surface area contributed by atoms with Crippen molar-refractivity contribution >= 4 is 5.91 Å². The van der Waals surface area contributed by atoms with E-state index in [1.807, 2.05) is 19.9 Å². The predicted molar refractivity (Wildman–Crippen MR) is 67.3 cm³/mol. The molecule has 17 heavy (non-hydrogen) atoms. The van der Waals surface area contributed by atoms with Crippen molar-refractivity contribution in [1.82, 2.24) is 5.32 Å². The third-order valence-corrected chi connectivity index (χ3v) is 2.55. The lowest BCUT2D eigenvalue weighted by Crippen LogP contribution is -2.26. The molecule has 0 aliphatic carbocycles. The van der Waals surface area contributed by atoms with Crippen LogP contribution >= 0.6 is 0 Å². The third-order valence-electron chi connectivity index (χ3n) is 2.55. The van der Waals surface area contributed by atoms with Gasteiger partial charge in [-0.25, -0.2) is 4.39 Å². The molecule has 1 N–H and O–H groups in total. The van der Waals surface area contributed by atoms with E-state index in [2.05, 4.69) is 5.32 Å². The van der Waals surface area contributed by atoms with Crippen molar-refractivity contribution in [3.05, 3.63) is 35.1 Å². The first kappa shape index (κ1) is 13.7. The normalized spacial score (nSPS) is 10.6. The topological polar surface area (TPSA) is 29.1 Å². The molecule has 0 saturated heterocycles. The molecule has 1 aromatic rings. The van der Waals surface area contributed by atoms with Crippen molar-refractivity contribution in [3.63, 3.8) is 0 Å². The van der Waals surface area contributed by atoms with Crippen molar-refractivity contribution in [3.8, 4) is 0 Å². The van der Waals surface area contributed by atoms with Gasteiger partial charge < -0.3 is 5.32 Å². The van der Waals surface area contributed by atoms with Gasteiger partial charge in [-0.05, 0) is 36.5 Å². The molecule has 0 aliphatic heterocycles. The number of amides is 1. The van der Waals surface area contributed by atoms with Crippen LogP contribution in [0.25, 0.3) is 0 Å². The number of rotatable bonds is 5. The summed E-state index contributed by atoms with van der Waals surface area (Å²) < 4.78 is 13.0. The molecule has 0 aliphatic rings. The summed E-state index contributed by atoms with van der Waals surface area (Å²) in [7, 11) is 0. The minimum atomic E-state index is -0.183. The summed E-state index contributed by atoms with van der Waals surface area (Å²) in [5.74, 6) is 0.277. The first-order valence-corrected chi connectivity index (χ1v) is 6.00. The van der Waals surface area contributed by atoms with E-state index in [-0.39, 0.29) is 11.7 Å². The average molecular weight is 237 g/mol. The fraction of sp³-hybridized carbons (Fsp3) is 0.500. The van der Waals surface area contributed by atoms with E-state index in [9.17, 15) is 9.18 Å². The van der Waals surface area contributed by atoms with Gasteiger partial charge in [0.25, 0.3) is 0 Å². The summed E-state index contributed by atoms with van der Waals surface area (Å²) in [5.41, 5.74) is 1.70. The first-order valence-electron chi connectivity index (χ1n) is 6.00. The summed E-state index contributed by atoms with van der Waals surface area (Å²) >= 11 is 0. The van der Waals surface area contributed by atoms with E-state index in [4.69, 9.17) is 0 Å². The number of hydrogen-bond acceptors (Lipinski definition) is 1. The summed E-state index contributed by atoms with van der Waals surface area (Å²) in [6, 6.07) is 5.06. The van der Waals surface area contributed by atoms with Crippen molar-refractivity contribution in [2.24, 2.45) is 5.92 Å². The van der Waals surface area contributed by atoms with E-state index < -0.39 is 0 Å². The quantitative estimate of drug-likeness (QED) is 0.838. The highest BCUT2D eigenvalue weighted by molar-refractivity contribution is 5.76. The lowest BCUT2D eigenvalue weighted by atomic mass is 10.1. The second-order valence-corrected chi connectivity index (χ2v) is 4.78. The fourth-order valence-corrected chi connectivity index (χ4v) is 1.65. The molecule has 0 bridgehead atoms. The molecule has 0 unspecified atom stereocenters. The molecule has 0 saturated carbocycles. The van der Waals surface area contributed by atoms with Gasteiger partial charge in [0.2, 0.25) is 5.91 Å². The first-order chi connectivity index (χ1) is 7.99. The van der Waals surface area contributed by atoms with Gasteiger partial charge in [0, 0.05) is 13.0 Å². The Hall–Kier alpha value is -1.38. The maximum Gasteiger partial charge on any atom is 0.220 e. The van der Waals surface area contributed by atoms with Crippen LogP contribution < -0.4 is 5.32 Å². The van der Waals surface area contributed by atoms with Crippen LogP contribution in [0.2, 0.25) is 0 Å². The van der Waals surface area contributed by atoms with Crippen LogP contribution in [0.15, 0.2) is 18.2 Å². The lowest BCUT2D eigenvalue weighted by molar-refractivity contribution is -0.121. The van der Waals surface area contributed by atoms with Crippen LogP contribution in [0.3, 0.4) is 0 Å². The SMILES string of the molecule is Cc1cc(CCNC(=O)CC(C)C)ccc1F. The zero-order valence-electron chi connectivity index (χ0n) is 10.7. The number of hydrogen-bond donors (Lipinski definition) is 1. The molecule has 1 rings (SSSR count). The van der Waals surface area contributed by atoms with Crippen molar-refractivity contribution in [2.75, 3.05) is 6.54 Å². The van der Waals surface area contributed by atoms with Crippen LogP contribution in [-0.2, 0) is 11.2 Å². The highest BCUT2D eigenvalue weighted by Gasteiger charge is 2.04. The minimum Gasteiger partial charge on any atom is -0.356 e. The van der Waals surface area contributed by atoms with Gasteiger partial charge in [-0.15, -0.1) is 0 Å². The zero-order chi connectivity index (χ0) is 12.8. The Morgan fingerprint density at radius 3 is 2.71 bits per heavy atom. The Morgan fingerprint density at radius 2 is 2.12 bits per heavy atom. The standard InChI is InChI=1S/C14H20FNO/c1-10(2)8-14(17)16-7-6-12-4-5-13(15)11(3)9-12/h4-5,9-10H,6-8H2,1-3H3,(H,16,17). The molecule has 0 atom stereocenters. The highest BCUT2D eigenvalue weighted by Crippen LogP contribution is 2.09. The molecule has 0 heterocycles. The van der Waals surface area contributed by atoms with Crippen LogP contribution in [-0.4, -0.2) is 12.5 Å². The average Bonchev–Trinajstić information content (AvgIpc) is 2.22. The Kier molecular flexibility index (Phi) is 5.13. The maximum atomic E-state index is 13.0. The number of aryl methyl sites for hydroxylation is 1. The van der Waals surface area contributed by atoms with Crippen molar-refractivity contribution in [1.29, 1.82) is 0 Å². The second-order valence-electron chi connectivity index (χ2n) is 4.78. The van der Waals surface area contributed by atoms with Gasteiger partial charge in [0.1, 0.15) is 5.82 Å². The lowest BCUT2D eigenvalue weighted by Gasteiger charge is -2.07. The maximum absolute atomic E-state index is 13.0. The Morgan fingerprint density at radius 1 is 1.41 bits per heavy atom. The Bertz CT molecular complexity index is 388. The number of nitrogens with one attached hydrogen (secondary N) is 1. The summed E-state index contributed by atoms with van der Waals surface area (Å²) in [5, 5.41) is 2.86. The minimum absolute atomic E-state index is 0.0823. The number of halogens is 1. The van der Waals surface area contributed by atoms with Crippen molar-refractivity contribution in [2.45, 2.75) is 33.6 Å². The van der Waals surface area contributed by atoms with E-state index in [0.29, 0.717) is 24.4 Å². The molecule has 0 aromatic heterocycles. The smallest absolute Gasteiger partial charge is 0.220 e. The van der Waals surface area contributed by atoms with Crippen LogP contribution in [0.5, 0.6) is 0 Å². The van der Waals surface area contributed by atoms with E-state index >= 15 is 0 Å². The summed E-state index contributed by atoms with van der Waals surface area (Å²) in [6.45, 7) is 6.39. The zero-order valence-corrected chi connectivity index (χ0v) is 10.7. The molecule has 3 heteroatoms. The van der Waals surface area contributed by atoms with Gasteiger partial charge >= 0.3 is 0 Å². The molecule has 1 aromatic carbocycles. The molecule has 1 amide bonds. The molecular formula is C14H20FNO. The molecule has 0 radical (unpaired) electrons. The van der Waals surface area contributed by atoms with Gasteiger partial charge in [-0.2, -0.15) is 0 Å². The Labute approximate surface area is 102 Å². The van der Waals surface area contributed by atoms with Gasteiger partial charge in [-0.1, -0.05) is 26.0 Å². The monoisotopic (exact) mass is 237 g/mol. The molecular weight excluding hydrogens is 217 g/mol. The fourth-order valence-electron chi connectivity index (χ4n) is 1.65. The van der Waals surface area contributed by atoms with Crippen molar-refractivity contribution < 1.29 is 9.18 Å². The third kappa shape index (κ3) is 4.98. The Balaban J connectivity index is 2.36. The largest absolute Gasteiger partial charge is 0.356 e. The van der Waals surface area contributed by atoms with Gasteiger partial charge in [-0.3, -0.25) is 4.79 Å². The molecule has 0 spiro atoms. The number of carbonyl (C=O) groups is 1. The van der Waals surface area contributed by atoms with E-state index in [1.165, 1.54) is 6.07 Å². The van der Waals surface area contributed by atoms with Crippen LogP contribution in [0.1, 0.15) is 31.4 Å². The van der Waals surface area contributed by atoms with Gasteiger partial charge in [0.15, 0.2) is 0 Å². The van der Waals surface area contributed by atoms with Gasteiger partial charge in [0.05, 0.1) is 0 Å². The second kappa shape index (κ2) is 6.38. The molecule has 2 nitrogen and oxygen atoms in total. The van der Waals surface area contributed by atoms with E-state index in [0.717, 1.165) is 12.0 Å². The predicted octanol–water partition coefficient (Wildman–Crippen LogP) is 2.84. The molecule has 0 fully saturated rings. The summed E-state index contributed by atoms with van der Waals surface area (Å²) in [6.07, 6.45) is 1.30. The highest BCUT2D eigenvalue weighted by atomic mass is 19.1. The number of carbonyl (C=O) groups excluding carboxylic acids is 1. The summed E-state index contributed by atoms with van der Waals surface area (Å²) in [4.78, 5) is 11.4. The van der Waals surface area contributed by atoms with E-state index in [1.54, 1.807) is 13.0 Å². The van der Waals surface area contributed by atoms with Crippen LogP contribution in [0, 0.1) is 18.7 Å².